The van der Waals surface area contributed by atoms with E-state index in [-0.39, 0.29) is 0 Å². The number of benzene rings is 1. The van der Waals surface area contributed by atoms with Gasteiger partial charge in [-0.2, -0.15) is 0 Å². The van der Waals surface area contributed by atoms with Crippen molar-refractivity contribution in [2.75, 3.05) is 0 Å². The molecule has 0 aliphatic heterocycles. The highest BCUT2D eigenvalue weighted by molar-refractivity contribution is 5.93. The summed E-state index contributed by atoms with van der Waals surface area (Å²) in [7, 11) is 0. The van der Waals surface area contributed by atoms with Crippen LogP contribution in [-0.2, 0) is 6.54 Å². The second-order valence-electron chi connectivity index (χ2n) is 4.73. The second-order valence-corrected chi connectivity index (χ2v) is 4.73. The molecule has 3 aromatic rings. The molecule has 0 saturated heterocycles. The topological polar surface area (TPSA) is 67.6 Å². The van der Waals surface area contributed by atoms with Gasteiger partial charge in [-0.15, -0.1) is 0 Å². The Balaban J connectivity index is 2.35. The number of H-pyrrole nitrogens is 1. The first-order chi connectivity index (χ1) is 9.19. The predicted octanol–water partition coefficient (Wildman–Crippen LogP) is 2.70. The van der Waals surface area contributed by atoms with Crippen molar-refractivity contribution in [1.82, 2.24) is 15.0 Å². The molecule has 0 saturated carbocycles. The maximum absolute atomic E-state index is 5.80. The van der Waals surface area contributed by atoms with Crippen LogP contribution in [0, 0.1) is 13.8 Å². The first kappa shape index (κ1) is 11.9. The summed E-state index contributed by atoms with van der Waals surface area (Å²) in [6, 6.07) is 8.33. The molecule has 0 aliphatic carbocycles. The van der Waals surface area contributed by atoms with Crippen LogP contribution in [0.4, 0.5) is 0 Å². The third-order valence-corrected chi connectivity index (χ3v) is 3.24. The Labute approximate surface area is 111 Å². The minimum atomic E-state index is 0.477. The van der Waals surface area contributed by atoms with Gasteiger partial charge in [0.05, 0.1) is 5.69 Å². The van der Waals surface area contributed by atoms with Gasteiger partial charge in [0.25, 0.3) is 0 Å². The quantitative estimate of drug-likeness (QED) is 0.736. The van der Waals surface area contributed by atoms with Crippen LogP contribution in [-0.4, -0.2) is 15.0 Å². The summed E-state index contributed by atoms with van der Waals surface area (Å²) >= 11 is 0. The minimum Gasteiger partial charge on any atom is -0.346 e. The van der Waals surface area contributed by atoms with Gasteiger partial charge in [0.1, 0.15) is 11.5 Å². The van der Waals surface area contributed by atoms with Crippen molar-refractivity contribution in [2.24, 2.45) is 5.73 Å². The largest absolute Gasteiger partial charge is 0.346 e. The molecule has 19 heavy (non-hydrogen) atoms. The molecule has 3 rings (SSSR count). The molecule has 4 nitrogen and oxygen atoms in total. The monoisotopic (exact) mass is 252 g/mol. The maximum Gasteiger partial charge on any atom is 0.141 e. The smallest absolute Gasteiger partial charge is 0.141 e. The van der Waals surface area contributed by atoms with E-state index in [2.05, 4.69) is 40.1 Å². The van der Waals surface area contributed by atoms with Gasteiger partial charge in [0, 0.05) is 23.7 Å². The Kier molecular flexibility index (Phi) is 2.80. The molecule has 0 bridgehead atoms. The molecular formula is C15H16N4. The van der Waals surface area contributed by atoms with E-state index in [0.29, 0.717) is 6.54 Å². The van der Waals surface area contributed by atoms with Crippen LogP contribution in [0.3, 0.4) is 0 Å². The van der Waals surface area contributed by atoms with Crippen molar-refractivity contribution in [2.45, 2.75) is 20.4 Å². The van der Waals surface area contributed by atoms with E-state index in [4.69, 9.17) is 5.73 Å². The van der Waals surface area contributed by atoms with E-state index in [1.807, 2.05) is 19.2 Å². The first-order valence-electron chi connectivity index (χ1n) is 6.30. The zero-order chi connectivity index (χ0) is 13.4. The van der Waals surface area contributed by atoms with Crippen LogP contribution < -0.4 is 5.73 Å². The average Bonchev–Trinajstić information content (AvgIpc) is 2.80. The van der Waals surface area contributed by atoms with E-state index in [1.165, 1.54) is 5.56 Å². The summed E-state index contributed by atoms with van der Waals surface area (Å²) in [5.74, 6) is 0.759. The second kappa shape index (κ2) is 4.48. The van der Waals surface area contributed by atoms with Gasteiger partial charge in [0.2, 0.25) is 0 Å². The summed E-state index contributed by atoms with van der Waals surface area (Å²) in [6.45, 7) is 4.46. The number of hydrogen-bond donors (Lipinski definition) is 2. The predicted molar refractivity (Wildman–Crippen MR) is 76.7 cm³/mol. The van der Waals surface area contributed by atoms with Crippen molar-refractivity contribution in [3.05, 3.63) is 47.4 Å². The Bertz CT molecular complexity index is 743. The summed E-state index contributed by atoms with van der Waals surface area (Å²) in [5.41, 5.74) is 11.0. The number of nitrogens with zero attached hydrogens (tertiary/aromatic N) is 2. The Hall–Kier alpha value is -2.20. The zero-order valence-corrected chi connectivity index (χ0v) is 11.1. The van der Waals surface area contributed by atoms with Gasteiger partial charge >= 0.3 is 0 Å². The molecule has 3 N–H and O–H groups in total. The third kappa shape index (κ3) is 2.00. The van der Waals surface area contributed by atoms with E-state index < -0.39 is 0 Å². The molecule has 4 heteroatoms. The SMILES string of the molecule is Cc1cccc(-c2nc(C)nc3[nH]cc(CN)c23)c1. The molecule has 0 fully saturated rings. The first-order valence-corrected chi connectivity index (χ1v) is 6.30. The Morgan fingerprint density at radius 2 is 2.05 bits per heavy atom. The van der Waals surface area contributed by atoms with Crippen LogP contribution in [0.5, 0.6) is 0 Å². The number of fused-ring (bicyclic) bond motifs is 1. The summed E-state index contributed by atoms with van der Waals surface area (Å²) in [4.78, 5) is 12.2. The lowest BCUT2D eigenvalue weighted by molar-refractivity contribution is 1.07. The summed E-state index contributed by atoms with van der Waals surface area (Å²) < 4.78 is 0. The fourth-order valence-corrected chi connectivity index (χ4v) is 2.37. The zero-order valence-electron chi connectivity index (χ0n) is 11.1. The average molecular weight is 252 g/mol. The van der Waals surface area contributed by atoms with E-state index >= 15 is 0 Å². The normalized spacial score (nSPS) is 11.1. The summed E-state index contributed by atoms with van der Waals surface area (Å²) in [5, 5.41) is 1.03. The highest BCUT2D eigenvalue weighted by Crippen LogP contribution is 2.29. The minimum absolute atomic E-state index is 0.477. The summed E-state index contributed by atoms with van der Waals surface area (Å²) in [6.07, 6.45) is 1.91. The van der Waals surface area contributed by atoms with Crippen molar-refractivity contribution in [1.29, 1.82) is 0 Å². The van der Waals surface area contributed by atoms with Crippen molar-refractivity contribution in [3.8, 4) is 11.3 Å². The van der Waals surface area contributed by atoms with Gasteiger partial charge in [-0.05, 0) is 25.5 Å². The van der Waals surface area contributed by atoms with Gasteiger partial charge in [0.15, 0.2) is 0 Å². The number of aryl methyl sites for hydroxylation is 2. The van der Waals surface area contributed by atoms with Gasteiger partial charge in [-0.1, -0.05) is 23.8 Å². The lowest BCUT2D eigenvalue weighted by atomic mass is 10.0. The van der Waals surface area contributed by atoms with Crippen molar-refractivity contribution >= 4 is 11.0 Å². The van der Waals surface area contributed by atoms with Crippen LogP contribution in [0.15, 0.2) is 30.5 Å². The van der Waals surface area contributed by atoms with Gasteiger partial charge in [-0.25, -0.2) is 9.97 Å². The number of hydrogen-bond acceptors (Lipinski definition) is 3. The number of nitrogens with one attached hydrogen (secondary N) is 1. The highest BCUT2D eigenvalue weighted by atomic mass is 14.9. The molecule has 0 atom stereocenters. The third-order valence-electron chi connectivity index (χ3n) is 3.24. The molecule has 0 amide bonds. The van der Waals surface area contributed by atoms with Crippen molar-refractivity contribution < 1.29 is 0 Å². The molecule has 0 spiro atoms. The van der Waals surface area contributed by atoms with Crippen LogP contribution in [0.25, 0.3) is 22.3 Å². The van der Waals surface area contributed by atoms with Crippen LogP contribution >= 0.6 is 0 Å². The number of nitrogens with two attached hydrogens (primary N) is 1. The molecule has 96 valence electrons. The number of aromatic amines is 1. The molecule has 1 aromatic carbocycles. The molecule has 0 unspecified atom stereocenters. The van der Waals surface area contributed by atoms with E-state index in [0.717, 1.165) is 33.7 Å². The Morgan fingerprint density at radius 3 is 2.79 bits per heavy atom. The molecule has 0 radical (unpaired) electrons. The van der Waals surface area contributed by atoms with Gasteiger partial charge < -0.3 is 10.7 Å². The lowest BCUT2D eigenvalue weighted by Crippen LogP contribution is -1.98. The number of rotatable bonds is 2. The van der Waals surface area contributed by atoms with Crippen LogP contribution in [0.2, 0.25) is 0 Å². The fraction of sp³-hybridized carbons (Fsp3) is 0.200. The lowest BCUT2D eigenvalue weighted by Gasteiger charge is -2.06. The maximum atomic E-state index is 5.80. The Morgan fingerprint density at radius 1 is 1.21 bits per heavy atom. The highest BCUT2D eigenvalue weighted by Gasteiger charge is 2.13. The molecule has 2 heterocycles. The van der Waals surface area contributed by atoms with Crippen LogP contribution in [0.1, 0.15) is 17.0 Å². The molecule has 0 aliphatic rings. The van der Waals surface area contributed by atoms with Gasteiger partial charge in [-0.3, -0.25) is 0 Å². The van der Waals surface area contributed by atoms with Crippen molar-refractivity contribution in [3.63, 3.8) is 0 Å². The van der Waals surface area contributed by atoms with E-state index in [1.54, 1.807) is 0 Å². The molecule has 2 aromatic heterocycles. The van der Waals surface area contributed by atoms with E-state index in [9.17, 15) is 0 Å². The standard InChI is InChI=1S/C15H16N4/c1-9-4-3-5-11(6-9)14-13-12(7-16)8-17-15(13)19-10(2)18-14/h3-6,8H,7,16H2,1-2H3,(H,17,18,19). The fourth-order valence-electron chi connectivity index (χ4n) is 2.37. The number of aromatic nitrogens is 3. The molecular weight excluding hydrogens is 236 g/mol.